The Hall–Kier alpha value is -1.11. The lowest BCUT2D eigenvalue weighted by molar-refractivity contribution is 0.414. The molecule has 14 heavy (non-hydrogen) atoms. The van der Waals surface area contributed by atoms with Gasteiger partial charge < -0.3 is 4.74 Å². The molecule has 5 heteroatoms. The van der Waals surface area contributed by atoms with Crippen molar-refractivity contribution in [2.75, 3.05) is 7.11 Å². The van der Waals surface area contributed by atoms with Crippen molar-refractivity contribution in [3.8, 4) is 11.4 Å². The Labute approximate surface area is 95.0 Å². The van der Waals surface area contributed by atoms with Crippen molar-refractivity contribution in [1.29, 1.82) is 0 Å². The topological polar surface area (TPSA) is 39.9 Å². The summed E-state index contributed by atoms with van der Waals surface area (Å²) < 4.78 is 6.22. The van der Waals surface area contributed by atoms with Crippen LogP contribution in [-0.4, -0.2) is 22.1 Å². The molecule has 0 unspecified atom stereocenters. The minimum atomic E-state index is 0.803. The molecule has 0 aliphatic heterocycles. The number of methoxy groups -OCH3 is 1. The largest absolute Gasteiger partial charge is 0.497 e. The van der Waals surface area contributed by atoms with Crippen molar-refractivity contribution in [2.24, 2.45) is 0 Å². The molecule has 0 amide bonds. The molecule has 0 saturated heterocycles. The lowest BCUT2D eigenvalue weighted by atomic mass is 10.3. The molecule has 0 spiro atoms. The van der Waals surface area contributed by atoms with Gasteiger partial charge in [0.2, 0.25) is 0 Å². The molecule has 1 aromatic carbocycles. The first-order chi connectivity index (χ1) is 6.81. The van der Waals surface area contributed by atoms with Crippen LogP contribution >= 0.6 is 22.6 Å². The Morgan fingerprint density at radius 1 is 1.29 bits per heavy atom. The van der Waals surface area contributed by atoms with Crippen LogP contribution in [0.25, 0.3) is 5.69 Å². The van der Waals surface area contributed by atoms with Gasteiger partial charge in [-0.05, 0) is 34.7 Å². The quantitative estimate of drug-likeness (QED) is 0.795. The first-order valence-corrected chi connectivity index (χ1v) is 5.09. The number of ether oxygens (including phenoxy) is 1. The number of benzene rings is 1. The second kappa shape index (κ2) is 3.95. The van der Waals surface area contributed by atoms with Gasteiger partial charge in [-0.25, -0.2) is 0 Å². The van der Waals surface area contributed by atoms with Crippen LogP contribution in [0, 0.1) is 3.57 Å². The van der Waals surface area contributed by atoms with E-state index in [-0.39, 0.29) is 0 Å². The minimum absolute atomic E-state index is 0.803. The molecular weight excluding hydrogens is 293 g/mol. The van der Waals surface area contributed by atoms with E-state index in [9.17, 15) is 0 Å². The molecule has 0 aliphatic rings. The first-order valence-electron chi connectivity index (χ1n) is 4.01. The number of hydrogen-bond donors (Lipinski definition) is 0. The molecule has 4 nitrogen and oxygen atoms in total. The highest BCUT2D eigenvalue weighted by atomic mass is 127. The van der Waals surface area contributed by atoms with Gasteiger partial charge in [0, 0.05) is 9.64 Å². The van der Waals surface area contributed by atoms with Crippen LogP contribution in [0.15, 0.2) is 30.6 Å². The van der Waals surface area contributed by atoms with E-state index in [1.807, 2.05) is 18.2 Å². The molecule has 0 saturated carbocycles. The third-order valence-corrected chi connectivity index (χ3v) is 2.70. The van der Waals surface area contributed by atoms with Crippen LogP contribution in [0.3, 0.4) is 0 Å². The summed E-state index contributed by atoms with van der Waals surface area (Å²) in [6.07, 6.45) is 3.30. The number of halogens is 1. The van der Waals surface area contributed by atoms with Crippen molar-refractivity contribution in [3.63, 3.8) is 0 Å². The van der Waals surface area contributed by atoms with E-state index in [1.54, 1.807) is 24.3 Å². The maximum absolute atomic E-state index is 5.14. The lowest BCUT2D eigenvalue weighted by Crippen LogP contribution is -2.01. The molecule has 2 rings (SSSR count). The van der Waals surface area contributed by atoms with Crippen molar-refractivity contribution < 1.29 is 4.74 Å². The lowest BCUT2D eigenvalue weighted by Gasteiger charge is -2.05. The van der Waals surface area contributed by atoms with Crippen molar-refractivity contribution >= 4 is 22.6 Å². The highest BCUT2D eigenvalue weighted by Gasteiger charge is 2.04. The van der Waals surface area contributed by atoms with Gasteiger partial charge >= 0.3 is 0 Å². The second-order valence-electron chi connectivity index (χ2n) is 2.64. The van der Waals surface area contributed by atoms with E-state index in [0.29, 0.717) is 0 Å². The van der Waals surface area contributed by atoms with Crippen LogP contribution in [-0.2, 0) is 0 Å². The van der Waals surface area contributed by atoms with Crippen LogP contribution in [0.2, 0.25) is 0 Å². The number of nitrogens with zero attached hydrogens (tertiary/aromatic N) is 3. The molecule has 0 bridgehead atoms. The molecule has 2 aromatic rings. The molecule has 0 fully saturated rings. The van der Waals surface area contributed by atoms with E-state index in [2.05, 4.69) is 32.8 Å². The van der Waals surface area contributed by atoms with Crippen molar-refractivity contribution in [1.82, 2.24) is 15.0 Å². The average Bonchev–Trinajstić information content (AvgIpc) is 2.71. The molecule has 0 aliphatic carbocycles. The van der Waals surface area contributed by atoms with Crippen molar-refractivity contribution in [2.45, 2.75) is 0 Å². The Bertz CT molecular complexity index is 428. The average molecular weight is 301 g/mol. The summed E-state index contributed by atoms with van der Waals surface area (Å²) in [5.74, 6) is 0.803. The molecule has 72 valence electrons. The van der Waals surface area contributed by atoms with Gasteiger partial charge in [-0.2, -0.15) is 15.0 Å². The number of aromatic nitrogens is 3. The standard InChI is InChI=1S/C9H8IN3O/c1-14-7-2-3-8(10)9(6-7)13-11-4-5-12-13/h2-6H,1H3. The second-order valence-corrected chi connectivity index (χ2v) is 3.80. The zero-order valence-electron chi connectivity index (χ0n) is 7.51. The van der Waals surface area contributed by atoms with Gasteiger partial charge in [-0.1, -0.05) is 0 Å². The summed E-state index contributed by atoms with van der Waals surface area (Å²) in [6.45, 7) is 0. The monoisotopic (exact) mass is 301 g/mol. The molecule has 0 radical (unpaired) electrons. The van der Waals surface area contributed by atoms with E-state index in [1.165, 1.54) is 0 Å². The minimum Gasteiger partial charge on any atom is -0.497 e. The van der Waals surface area contributed by atoms with Gasteiger partial charge in [0.15, 0.2) is 0 Å². The summed E-state index contributed by atoms with van der Waals surface area (Å²) in [5.41, 5.74) is 0.926. The molecule has 0 N–H and O–H groups in total. The number of hydrogen-bond acceptors (Lipinski definition) is 3. The van der Waals surface area contributed by atoms with E-state index >= 15 is 0 Å². The van der Waals surface area contributed by atoms with Gasteiger partial charge in [0.25, 0.3) is 0 Å². The predicted octanol–water partition coefficient (Wildman–Crippen LogP) is 1.88. The number of rotatable bonds is 2. The van der Waals surface area contributed by atoms with E-state index < -0.39 is 0 Å². The fraction of sp³-hybridized carbons (Fsp3) is 0.111. The summed E-state index contributed by atoms with van der Waals surface area (Å²) in [6, 6.07) is 5.79. The third kappa shape index (κ3) is 1.72. The molecule has 1 heterocycles. The van der Waals surface area contributed by atoms with Gasteiger partial charge in [0.1, 0.15) is 11.4 Å². The van der Waals surface area contributed by atoms with Crippen LogP contribution in [0.1, 0.15) is 0 Å². The molecule has 1 aromatic heterocycles. The smallest absolute Gasteiger partial charge is 0.121 e. The Kier molecular flexibility index (Phi) is 2.67. The molecule has 0 atom stereocenters. The highest BCUT2D eigenvalue weighted by molar-refractivity contribution is 14.1. The van der Waals surface area contributed by atoms with Gasteiger partial charge in [-0.15, -0.1) is 0 Å². The van der Waals surface area contributed by atoms with Crippen LogP contribution in [0.5, 0.6) is 5.75 Å². The summed E-state index contributed by atoms with van der Waals surface area (Å²) >= 11 is 2.24. The highest BCUT2D eigenvalue weighted by Crippen LogP contribution is 2.21. The Balaban J connectivity index is 2.51. The first kappa shape index (κ1) is 9.45. The summed E-state index contributed by atoms with van der Waals surface area (Å²) in [7, 11) is 1.64. The molecular formula is C9H8IN3O. The fourth-order valence-electron chi connectivity index (χ4n) is 1.11. The fourth-order valence-corrected chi connectivity index (χ4v) is 1.66. The maximum atomic E-state index is 5.14. The summed E-state index contributed by atoms with van der Waals surface area (Å²) in [4.78, 5) is 1.57. The van der Waals surface area contributed by atoms with E-state index in [0.717, 1.165) is 15.0 Å². The maximum Gasteiger partial charge on any atom is 0.121 e. The van der Waals surface area contributed by atoms with Crippen LogP contribution < -0.4 is 4.74 Å². The Morgan fingerprint density at radius 3 is 2.64 bits per heavy atom. The predicted molar refractivity (Wildman–Crippen MR) is 60.6 cm³/mol. The summed E-state index contributed by atoms with van der Waals surface area (Å²) in [5, 5.41) is 8.14. The zero-order valence-corrected chi connectivity index (χ0v) is 9.67. The van der Waals surface area contributed by atoms with Crippen LogP contribution in [0.4, 0.5) is 0 Å². The van der Waals surface area contributed by atoms with E-state index in [4.69, 9.17) is 4.74 Å². The van der Waals surface area contributed by atoms with Gasteiger partial charge in [-0.3, -0.25) is 0 Å². The van der Waals surface area contributed by atoms with Gasteiger partial charge in [0.05, 0.1) is 19.5 Å². The Morgan fingerprint density at radius 2 is 2.00 bits per heavy atom. The van der Waals surface area contributed by atoms with Crippen molar-refractivity contribution in [3.05, 3.63) is 34.2 Å². The third-order valence-electron chi connectivity index (χ3n) is 1.79. The SMILES string of the molecule is COc1ccc(I)c(-n2nccn2)c1. The zero-order chi connectivity index (χ0) is 9.97. The normalized spacial score (nSPS) is 10.1.